The first-order chi connectivity index (χ1) is 13.6. The molecule has 0 bridgehead atoms. The molecule has 1 aliphatic heterocycles. The molecule has 0 aliphatic carbocycles. The fourth-order valence-electron chi connectivity index (χ4n) is 3.44. The summed E-state index contributed by atoms with van der Waals surface area (Å²) < 4.78 is 15.8. The fraction of sp³-hybridized carbons (Fsp3) is 0.300. The molecule has 8 heteroatoms. The van der Waals surface area contributed by atoms with Crippen molar-refractivity contribution in [1.29, 1.82) is 0 Å². The molecule has 3 heterocycles. The lowest BCUT2D eigenvalue weighted by molar-refractivity contribution is 0.243. The van der Waals surface area contributed by atoms with Gasteiger partial charge in [0, 0.05) is 19.3 Å². The van der Waals surface area contributed by atoms with Gasteiger partial charge in [0.25, 0.3) is 0 Å². The Labute approximate surface area is 161 Å². The molecule has 1 fully saturated rings. The normalized spacial score (nSPS) is 19.4. The van der Waals surface area contributed by atoms with Gasteiger partial charge in [-0.15, -0.1) is 0 Å². The molecule has 28 heavy (non-hydrogen) atoms. The van der Waals surface area contributed by atoms with Gasteiger partial charge in [0.1, 0.15) is 6.17 Å². The topological polar surface area (TPSA) is 68.7 Å². The van der Waals surface area contributed by atoms with E-state index >= 15 is 0 Å². The van der Waals surface area contributed by atoms with Gasteiger partial charge in [0.05, 0.1) is 42.5 Å². The van der Waals surface area contributed by atoms with E-state index in [2.05, 4.69) is 14.7 Å². The van der Waals surface area contributed by atoms with Crippen LogP contribution < -0.4 is 10.6 Å². The lowest BCUT2D eigenvalue weighted by atomic mass is 10.1. The van der Waals surface area contributed by atoms with Crippen molar-refractivity contribution in [1.82, 2.24) is 14.5 Å². The summed E-state index contributed by atoms with van der Waals surface area (Å²) in [6.07, 6.45) is 0.886. The first kappa shape index (κ1) is 17.9. The Morgan fingerprint density at radius 2 is 1.96 bits per heavy atom. The van der Waals surface area contributed by atoms with Crippen LogP contribution >= 0.6 is 0 Å². The number of hydrogen-bond acceptors (Lipinski definition) is 4. The first-order valence-electron chi connectivity index (χ1n) is 8.94. The Morgan fingerprint density at radius 1 is 1.18 bits per heavy atom. The minimum absolute atomic E-state index is 0.357. The molecule has 2 atom stereocenters. The third kappa shape index (κ3) is 3.26. The molecule has 3 aromatic rings. The van der Waals surface area contributed by atoms with Crippen LogP contribution in [0.15, 0.2) is 36.5 Å². The van der Waals surface area contributed by atoms with Crippen LogP contribution in [0.25, 0.3) is 20.7 Å². The third-order valence-electron chi connectivity index (χ3n) is 4.95. The minimum atomic E-state index is -1.01. The largest absolute Gasteiger partial charge is 0.340 e. The van der Waals surface area contributed by atoms with Gasteiger partial charge < -0.3 is 15.2 Å². The van der Waals surface area contributed by atoms with E-state index in [1.807, 2.05) is 15.5 Å². The highest BCUT2D eigenvalue weighted by molar-refractivity contribution is 5.83. The van der Waals surface area contributed by atoms with Crippen LogP contribution in [0.3, 0.4) is 0 Å². The first-order valence-corrected chi connectivity index (χ1v) is 8.94. The number of alkyl halides is 1. The Morgan fingerprint density at radius 3 is 2.64 bits per heavy atom. The number of nitrogens with zero attached hydrogens (tertiary/aromatic N) is 6. The summed E-state index contributed by atoms with van der Waals surface area (Å²) in [4.78, 5) is 18.0. The summed E-state index contributed by atoms with van der Waals surface area (Å²) in [6.45, 7) is 15.7. The summed E-state index contributed by atoms with van der Waals surface area (Å²) in [6, 6.07) is 8.33. The predicted octanol–water partition coefficient (Wildman–Crippen LogP) is 3.46. The lowest BCUT2D eigenvalue weighted by Gasteiger charge is -2.34. The van der Waals surface area contributed by atoms with Crippen molar-refractivity contribution in [2.75, 3.05) is 18.0 Å². The van der Waals surface area contributed by atoms with E-state index in [9.17, 15) is 4.39 Å². The molecule has 2 aromatic heterocycles. The molecule has 0 spiro atoms. The summed E-state index contributed by atoms with van der Waals surface area (Å²) in [5, 5.41) is 0. The van der Waals surface area contributed by atoms with Crippen LogP contribution in [0, 0.1) is 13.1 Å². The van der Waals surface area contributed by atoms with Crippen molar-refractivity contribution in [3.8, 4) is 0 Å². The van der Waals surface area contributed by atoms with Gasteiger partial charge in [-0.2, -0.15) is 0 Å². The van der Waals surface area contributed by atoms with Crippen LogP contribution in [-0.4, -0.2) is 39.8 Å². The molecular formula is C20H18FN7. The van der Waals surface area contributed by atoms with Crippen molar-refractivity contribution in [2.24, 2.45) is 5.73 Å². The van der Waals surface area contributed by atoms with E-state index in [0.29, 0.717) is 43.4 Å². The van der Waals surface area contributed by atoms with Crippen molar-refractivity contribution < 1.29 is 4.39 Å². The number of aromatic nitrogens is 3. The average molecular weight is 375 g/mol. The maximum atomic E-state index is 13.8. The number of benzene rings is 1. The maximum absolute atomic E-state index is 13.8. The molecule has 1 saturated heterocycles. The number of anilines is 1. The Hall–Kier alpha value is -3.49. The van der Waals surface area contributed by atoms with Crippen molar-refractivity contribution in [2.45, 2.75) is 25.2 Å². The Kier molecular flexibility index (Phi) is 4.64. The van der Waals surface area contributed by atoms with Crippen LogP contribution in [0.4, 0.5) is 21.7 Å². The molecular weight excluding hydrogens is 357 g/mol. The monoisotopic (exact) mass is 375 g/mol. The molecule has 2 N–H and O–H groups in total. The number of rotatable bonds is 3. The van der Waals surface area contributed by atoms with E-state index in [1.165, 1.54) is 6.20 Å². The number of fused-ring (bicyclic) bond motifs is 1. The highest BCUT2D eigenvalue weighted by Crippen LogP contribution is 2.29. The molecule has 1 aliphatic rings. The van der Waals surface area contributed by atoms with Crippen LogP contribution in [0.1, 0.15) is 12.1 Å². The Bertz CT molecular complexity index is 1090. The number of nitrogens with two attached hydrogens (primary N) is 1. The van der Waals surface area contributed by atoms with Gasteiger partial charge >= 0.3 is 0 Å². The Balaban J connectivity index is 1.78. The van der Waals surface area contributed by atoms with Crippen LogP contribution in [0.2, 0.25) is 0 Å². The molecule has 0 saturated carbocycles. The van der Waals surface area contributed by atoms with E-state index in [0.717, 1.165) is 16.7 Å². The van der Waals surface area contributed by atoms with Crippen LogP contribution in [-0.2, 0) is 6.54 Å². The summed E-state index contributed by atoms with van der Waals surface area (Å²) in [5.41, 5.74) is 9.29. The minimum Gasteiger partial charge on any atom is -0.340 e. The average Bonchev–Trinajstić information content (AvgIpc) is 3.08. The van der Waals surface area contributed by atoms with E-state index in [1.54, 1.807) is 24.3 Å². The number of pyridine rings is 1. The quantitative estimate of drug-likeness (QED) is 0.712. The fourth-order valence-corrected chi connectivity index (χ4v) is 3.44. The maximum Gasteiger partial charge on any atom is 0.206 e. The van der Waals surface area contributed by atoms with Gasteiger partial charge in [-0.3, -0.25) is 4.98 Å². The number of piperidine rings is 1. The summed E-state index contributed by atoms with van der Waals surface area (Å²) in [5.74, 6) is 0.690. The van der Waals surface area contributed by atoms with Crippen molar-refractivity contribution in [3.63, 3.8) is 0 Å². The highest BCUT2D eigenvalue weighted by atomic mass is 19.1. The second-order valence-corrected chi connectivity index (χ2v) is 6.82. The van der Waals surface area contributed by atoms with Gasteiger partial charge in [-0.05, 0) is 24.6 Å². The number of hydrogen-bond donors (Lipinski definition) is 1. The zero-order valence-corrected chi connectivity index (χ0v) is 15.1. The second kappa shape index (κ2) is 7.26. The van der Waals surface area contributed by atoms with Crippen molar-refractivity contribution >= 4 is 28.4 Å². The van der Waals surface area contributed by atoms with Gasteiger partial charge in [-0.1, -0.05) is 12.1 Å². The predicted molar refractivity (Wildman–Crippen MR) is 105 cm³/mol. The smallest absolute Gasteiger partial charge is 0.206 e. The van der Waals surface area contributed by atoms with Gasteiger partial charge in [-0.25, -0.2) is 19.1 Å². The molecule has 0 unspecified atom stereocenters. The molecule has 7 nitrogen and oxygen atoms in total. The molecule has 1 aromatic carbocycles. The molecule has 0 amide bonds. The van der Waals surface area contributed by atoms with E-state index in [4.69, 9.17) is 23.9 Å². The van der Waals surface area contributed by atoms with E-state index < -0.39 is 12.2 Å². The summed E-state index contributed by atoms with van der Waals surface area (Å²) in [7, 11) is 0. The molecule has 0 radical (unpaired) electrons. The third-order valence-corrected chi connectivity index (χ3v) is 4.95. The van der Waals surface area contributed by atoms with Gasteiger partial charge in [0.15, 0.2) is 5.69 Å². The SMILES string of the molecule is [C-]#[N+]c1ccc(Cn2c(N3CC[C@@H](F)[C@H](N)C3)nc3ccc([N+]#[C-])cc32)nc1. The second-order valence-electron chi connectivity index (χ2n) is 6.82. The number of halogens is 1. The van der Waals surface area contributed by atoms with Crippen molar-refractivity contribution in [3.05, 3.63) is 65.1 Å². The zero-order valence-electron chi connectivity index (χ0n) is 15.1. The highest BCUT2D eigenvalue weighted by Gasteiger charge is 2.29. The van der Waals surface area contributed by atoms with Gasteiger partial charge in [0.2, 0.25) is 11.6 Å². The summed E-state index contributed by atoms with van der Waals surface area (Å²) >= 11 is 0. The van der Waals surface area contributed by atoms with Crippen LogP contribution in [0.5, 0.6) is 0 Å². The lowest BCUT2D eigenvalue weighted by Crippen LogP contribution is -2.50. The number of imidazole rings is 1. The molecule has 140 valence electrons. The molecule has 4 rings (SSSR count). The standard InChI is InChI=1S/C20H18FN7/c1-23-13-5-6-18-19(9-13)28(11-15-4-3-14(24-2)10-25-15)20(26-18)27-8-7-16(21)17(22)12-27/h3-6,9-10,16-17H,7-8,11-12,22H2/t16-,17-/m1/s1. The zero-order chi connectivity index (χ0) is 19.7. The van der Waals surface area contributed by atoms with E-state index in [-0.39, 0.29) is 0 Å².